The minimum atomic E-state index is -0.181. The summed E-state index contributed by atoms with van der Waals surface area (Å²) in [5.41, 5.74) is 3.12. The third kappa shape index (κ3) is 4.81. The van der Waals surface area contributed by atoms with Gasteiger partial charge in [-0.15, -0.1) is 0 Å². The van der Waals surface area contributed by atoms with E-state index in [0.29, 0.717) is 12.6 Å². The van der Waals surface area contributed by atoms with Gasteiger partial charge in [-0.25, -0.2) is 4.79 Å². The molecule has 2 saturated carbocycles. The summed E-state index contributed by atoms with van der Waals surface area (Å²) in [4.78, 5) is 29.7. The van der Waals surface area contributed by atoms with Gasteiger partial charge in [0, 0.05) is 36.7 Å². The first-order valence-corrected chi connectivity index (χ1v) is 10.6. The molecular weight excluding hydrogens is 364 g/mol. The molecule has 0 aliphatic heterocycles. The summed E-state index contributed by atoms with van der Waals surface area (Å²) in [5, 5.41) is 2.97. The molecule has 6 nitrogen and oxygen atoms in total. The number of aromatic nitrogens is 1. The molecule has 0 atom stereocenters. The first-order valence-electron chi connectivity index (χ1n) is 10.6. The van der Waals surface area contributed by atoms with Gasteiger partial charge in [-0.1, -0.05) is 19.1 Å². The lowest BCUT2D eigenvalue weighted by Gasteiger charge is -2.28. The van der Waals surface area contributed by atoms with E-state index in [4.69, 9.17) is 0 Å². The van der Waals surface area contributed by atoms with Crippen LogP contribution in [0.1, 0.15) is 43.9 Å². The van der Waals surface area contributed by atoms with Crippen LogP contribution in [0.4, 0.5) is 10.5 Å². The van der Waals surface area contributed by atoms with Crippen molar-refractivity contribution in [2.75, 3.05) is 11.9 Å². The molecule has 2 aliphatic carbocycles. The fourth-order valence-electron chi connectivity index (χ4n) is 3.65. The molecule has 2 aromatic rings. The highest BCUT2D eigenvalue weighted by molar-refractivity contribution is 5.93. The van der Waals surface area contributed by atoms with E-state index in [1.54, 1.807) is 4.90 Å². The standard InChI is InChI=1S/C23H30N4O2/c1-3-17-6-8-18(9-7-17)24-23(29)27(20-12-13-20)16-22(28)26(19-10-11-19)15-21-5-4-14-25(21)2/h4-9,14,19-20H,3,10-13,15-16H2,1-2H3,(H,24,29). The molecule has 0 unspecified atom stereocenters. The number of nitrogens with one attached hydrogen (secondary N) is 1. The van der Waals surface area contributed by atoms with Crippen LogP contribution >= 0.6 is 0 Å². The molecule has 1 aromatic heterocycles. The fraction of sp³-hybridized carbons (Fsp3) is 0.478. The third-order valence-electron chi connectivity index (χ3n) is 5.86. The second-order valence-electron chi connectivity index (χ2n) is 8.20. The first-order chi connectivity index (χ1) is 14.0. The van der Waals surface area contributed by atoms with Crippen LogP contribution in [0.5, 0.6) is 0 Å². The molecule has 1 aromatic carbocycles. The Morgan fingerprint density at radius 2 is 1.69 bits per heavy atom. The fourth-order valence-corrected chi connectivity index (χ4v) is 3.65. The third-order valence-corrected chi connectivity index (χ3v) is 5.86. The van der Waals surface area contributed by atoms with Crippen molar-refractivity contribution >= 4 is 17.6 Å². The van der Waals surface area contributed by atoms with Crippen molar-refractivity contribution in [1.29, 1.82) is 0 Å². The summed E-state index contributed by atoms with van der Waals surface area (Å²) < 4.78 is 2.05. The number of carbonyl (C=O) groups excluding carboxylic acids is 2. The summed E-state index contributed by atoms with van der Waals surface area (Å²) in [6, 6.07) is 12.2. The Balaban J connectivity index is 1.41. The maximum absolute atomic E-state index is 13.1. The number of aryl methyl sites for hydroxylation is 2. The molecule has 0 saturated heterocycles. The van der Waals surface area contributed by atoms with Crippen LogP contribution in [0.15, 0.2) is 42.6 Å². The van der Waals surface area contributed by atoms with Gasteiger partial charge < -0.3 is 19.7 Å². The summed E-state index contributed by atoms with van der Waals surface area (Å²) in [6.07, 6.45) is 7.01. The molecule has 154 valence electrons. The van der Waals surface area contributed by atoms with Gasteiger partial charge in [0.25, 0.3) is 0 Å². The summed E-state index contributed by atoms with van der Waals surface area (Å²) in [7, 11) is 2.00. The van der Waals surface area contributed by atoms with Gasteiger partial charge in [0.15, 0.2) is 0 Å². The van der Waals surface area contributed by atoms with Gasteiger partial charge in [-0.3, -0.25) is 4.79 Å². The predicted molar refractivity (Wildman–Crippen MR) is 114 cm³/mol. The highest BCUT2D eigenvalue weighted by Gasteiger charge is 2.38. The smallest absolute Gasteiger partial charge is 0.322 e. The van der Waals surface area contributed by atoms with E-state index in [1.807, 2.05) is 59.1 Å². The number of amides is 3. The van der Waals surface area contributed by atoms with Crippen molar-refractivity contribution in [3.05, 3.63) is 53.9 Å². The van der Waals surface area contributed by atoms with Crippen molar-refractivity contribution in [3.8, 4) is 0 Å². The highest BCUT2D eigenvalue weighted by Crippen LogP contribution is 2.31. The number of nitrogens with zero attached hydrogens (tertiary/aromatic N) is 3. The Hall–Kier alpha value is -2.76. The molecule has 0 radical (unpaired) electrons. The van der Waals surface area contributed by atoms with Crippen LogP contribution < -0.4 is 5.32 Å². The zero-order chi connectivity index (χ0) is 20.4. The van der Waals surface area contributed by atoms with Crippen LogP contribution in [0.2, 0.25) is 0 Å². The monoisotopic (exact) mass is 394 g/mol. The van der Waals surface area contributed by atoms with Gasteiger partial charge in [0.1, 0.15) is 6.54 Å². The summed E-state index contributed by atoms with van der Waals surface area (Å²) >= 11 is 0. The average molecular weight is 395 g/mol. The van der Waals surface area contributed by atoms with Crippen LogP contribution in [-0.2, 0) is 24.8 Å². The Bertz CT molecular complexity index is 865. The van der Waals surface area contributed by atoms with E-state index in [0.717, 1.165) is 43.5 Å². The molecule has 29 heavy (non-hydrogen) atoms. The predicted octanol–water partition coefficient (Wildman–Crippen LogP) is 3.78. The van der Waals surface area contributed by atoms with Crippen molar-refractivity contribution in [1.82, 2.24) is 14.4 Å². The first kappa shape index (κ1) is 19.6. The molecular formula is C23H30N4O2. The second-order valence-corrected chi connectivity index (χ2v) is 8.20. The Morgan fingerprint density at radius 3 is 2.24 bits per heavy atom. The molecule has 0 spiro atoms. The number of hydrogen-bond acceptors (Lipinski definition) is 2. The van der Waals surface area contributed by atoms with E-state index in [9.17, 15) is 9.59 Å². The van der Waals surface area contributed by atoms with E-state index in [2.05, 4.69) is 12.2 Å². The summed E-state index contributed by atoms with van der Waals surface area (Å²) in [6.45, 7) is 2.85. The van der Waals surface area contributed by atoms with Gasteiger partial charge in [-0.2, -0.15) is 0 Å². The van der Waals surface area contributed by atoms with Crippen molar-refractivity contribution < 1.29 is 9.59 Å². The molecule has 2 aliphatic rings. The molecule has 1 N–H and O–H groups in total. The van der Waals surface area contributed by atoms with E-state index in [-0.39, 0.29) is 24.5 Å². The number of anilines is 1. The van der Waals surface area contributed by atoms with Crippen LogP contribution in [0.25, 0.3) is 0 Å². The minimum absolute atomic E-state index is 0.0390. The minimum Gasteiger partial charge on any atom is -0.353 e. The number of rotatable bonds is 8. The largest absolute Gasteiger partial charge is 0.353 e. The topological polar surface area (TPSA) is 57.6 Å². The van der Waals surface area contributed by atoms with E-state index < -0.39 is 0 Å². The average Bonchev–Trinajstić information content (AvgIpc) is 3.64. The lowest BCUT2D eigenvalue weighted by Crippen LogP contribution is -2.46. The van der Waals surface area contributed by atoms with Gasteiger partial charge in [0.05, 0.1) is 6.54 Å². The number of urea groups is 1. The maximum Gasteiger partial charge on any atom is 0.322 e. The molecule has 3 amide bonds. The number of benzene rings is 1. The van der Waals surface area contributed by atoms with E-state index >= 15 is 0 Å². The van der Waals surface area contributed by atoms with Crippen molar-refractivity contribution in [2.45, 2.75) is 57.7 Å². The van der Waals surface area contributed by atoms with Crippen LogP contribution in [0.3, 0.4) is 0 Å². The van der Waals surface area contributed by atoms with Gasteiger partial charge in [0.2, 0.25) is 5.91 Å². The number of hydrogen-bond donors (Lipinski definition) is 1. The molecule has 1 heterocycles. The second kappa shape index (κ2) is 8.31. The van der Waals surface area contributed by atoms with Crippen LogP contribution in [-0.4, -0.2) is 44.9 Å². The lowest BCUT2D eigenvalue weighted by molar-refractivity contribution is -0.133. The normalized spacial score (nSPS) is 15.8. The zero-order valence-electron chi connectivity index (χ0n) is 17.3. The van der Waals surface area contributed by atoms with Gasteiger partial charge in [-0.05, 0) is 61.9 Å². The Labute approximate surface area is 172 Å². The maximum atomic E-state index is 13.1. The summed E-state index contributed by atoms with van der Waals surface area (Å²) in [5.74, 6) is 0.0390. The lowest BCUT2D eigenvalue weighted by atomic mass is 10.1. The van der Waals surface area contributed by atoms with Gasteiger partial charge >= 0.3 is 6.03 Å². The van der Waals surface area contributed by atoms with Crippen molar-refractivity contribution in [2.24, 2.45) is 7.05 Å². The van der Waals surface area contributed by atoms with Crippen molar-refractivity contribution in [3.63, 3.8) is 0 Å². The Kier molecular flexibility index (Phi) is 5.60. The Morgan fingerprint density at radius 1 is 1.03 bits per heavy atom. The SMILES string of the molecule is CCc1ccc(NC(=O)N(CC(=O)N(Cc2cccn2C)C2CC2)C2CC2)cc1. The zero-order valence-corrected chi connectivity index (χ0v) is 17.3. The number of carbonyl (C=O) groups is 2. The molecule has 6 heteroatoms. The molecule has 4 rings (SSSR count). The van der Waals surface area contributed by atoms with Crippen LogP contribution in [0, 0.1) is 0 Å². The highest BCUT2D eigenvalue weighted by atomic mass is 16.2. The molecule has 0 bridgehead atoms. The molecule has 2 fully saturated rings. The quantitative estimate of drug-likeness (QED) is 0.741. The van der Waals surface area contributed by atoms with E-state index in [1.165, 1.54) is 5.56 Å².